The van der Waals surface area contributed by atoms with Crippen LogP contribution in [0.4, 0.5) is 0 Å². The van der Waals surface area contributed by atoms with Crippen LogP contribution in [0, 0.1) is 0 Å². The first-order valence-corrected chi connectivity index (χ1v) is 6.95. The van der Waals surface area contributed by atoms with E-state index in [1.165, 1.54) is 0 Å². The van der Waals surface area contributed by atoms with Gasteiger partial charge in [-0.05, 0) is 37.1 Å². The Morgan fingerprint density at radius 1 is 1.33 bits per heavy atom. The molecule has 0 aliphatic carbocycles. The third kappa shape index (κ3) is 4.91. The number of aliphatic carboxylic acids is 1. The number of carbonyl (C=O) groups excluding carboxylic acids is 1. The van der Waals surface area contributed by atoms with Crippen LogP contribution in [-0.4, -0.2) is 42.3 Å². The number of rotatable bonds is 6. The average Bonchev–Trinajstić information content (AvgIpc) is 2.93. The van der Waals surface area contributed by atoms with Gasteiger partial charge in [0.1, 0.15) is 5.75 Å². The first-order valence-electron chi connectivity index (χ1n) is 6.58. The number of ether oxygens (including phenoxy) is 2. The van der Waals surface area contributed by atoms with Crippen molar-refractivity contribution in [3.63, 3.8) is 0 Å². The summed E-state index contributed by atoms with van der Waals surface area (Å²) in [5.74, 6) is -0.695. The zero-order chi connectivity index (χ0) is 15.2. The lowest BCUT2D eigenvalue weighted by Gasteiger charge is -2.12. The van der Waals surface area contributed by atoms with Gasteiger partial charge in [0.25, 0.3) is 5.91 Å². The number of hydrogen-bond donors (Lipinski definition) is 2. The van der Waals surface area contributed by atoms with Gasteiger partial charge in [-0.15, -0.1) is 0 Å². The van der Waals surface area contributed by atoms with Crippen LogP contribution in [-0.2, 0) is 14.3 Å². The molecular formula is C14H16ClNO5. The van der Waals surface area contributed by atoms with Gasteiger partial charge in [-0.1, -0.05) is 11.6 Å². The number of carboxylic acid groups (broad SMARTS) is 1. The van der Waals surface area contributed by atoms with Crippen molar-refractivity contribution in [2.75, 3.05) is 13.2 Å². The van der Waals surface area contributed by atoms with Gasteiger partial charge < -0.3 is 19.9 Å². The van der Waals surface area contributed by atoms with Crippen LogP contribution in [0.1, 0.15) is 12.8 Å². The van der Waals surface area contributed by atoms with E-state index >= 15 is 0 Å². The molecule has 2 rings (SSSR count). The van der Waals surface area contributed by atoms with Gasteiger partial charge in [0.2, 0.25) is 0 Å². The summed E-state index contributed by atoms with van der Waals surface area (Å²) >= 11 is 5.74. The van der Waals surface area contributed by atoms with E-state index in [0.717, 1.165) is 0 Å². The molecule has 2 N–H and O–H groups in total. The van der Waals surface area contributed by atoms with Crippen molar-refractivity contribution < 1.29 is 24.2 Å². The molecule has 1 aromatic rings. The second kappa shape index (κ2) is 7.28. The average molecular weight is 314 g/mol. The smallest absolute Gasteiger partial charge is 0.332 e. The summed E-state index contributed by atoms with van der Waals surface area (Å²) in [7, 11) is 0. The van der Waals surface area contributed by atoms with E-state index in [9.17, 15) is 9.59 Å². The van der Waals surface area contributed by atoms with Crippen molar-refractivity contribution in [3.05, 3.63) is 29.3 Å². The van der Waals surface area contributed by atoms with Crippen LogP contribution >= 0.6 is 11.6 Å². The highest BCUT2D eigenvalue weighted by atomic mass is 35.5. The quantitative estimate of drug-likeness (QED) is 0.830. The summed E-state index contributed by atoms with van der Waals surface area (Å²) in [5, 5.41) is 12.0. The Kier molecular flexibility index (Phi) is 5.41. The van der Waals surface area contributed by atoms with Gasteiger partial charge in [-0.2, -0.15) is 0 Å². The van der Waals surface area contributed by atoms with Crippen molar-refractivity contribution in [2.24, 2.45) is 0 Å². The van der Waals surface area contributed by atoms with E-state index < -0.39 is 12.1 Å². The van der Waals surface area contributed by atoms with Gasteiger partial charge in [0.15, 0.2) is 12.7 Å². The second-order valence-corrected chi connectivity index (χ2v) is 5.15. The third-order valence-corrected chi connectivity index (χ3v) is 3.35. The zero-order valence-electron chi connectivity index (χ0n) is 11.3. The van der Waals surface area contributed by atoms with E-state index in [2.05, 4.69) is 5.32 Å². The van der Waals surface area contributed by atoms with Crippen LogP contribution in [0.25, 0.3) is 0 Å². The molecule has 0 spiro atoms. The molecule has 1 aliphatic heterocycles. The lowest BCUT2D eigenvalue weighted by atomic mass is 10.2. The molecular weight excluding hydrogens is 298 g/mol. The van der Waals surface area contributed by atoms with E-state index in [0.29, 0.717) is 23.6 Å². The highest BCUT2D eigenvalue weighted by molar-refractivity contribution is 6.30. The maximum absolute atomic E-state index is 11.6. The Bertz CT molecular complexity index is 505. The maximum Gasteiger partial charge on any atom is 0.332 e. The Balaban J connectivity index is 1.66. The van der Waals surface area contributed by atoms with Crippen molar-refractivity contribution in [1.29, 1.82) is 0 Å². The topological polar surface area (TPSA) is 84.9 Å². The minimum absolute atomic E-state index is 0.114. The number of carboxylic acids is 1. The molecule has 6 nitrogen and oxygen atoms in total. The normalized spacial score (nSPS) is 21.0. The molecule has 0 aromatic heterocycles. The largest absolute Gasteiger partial charge is 0.484 e. The molecule has 1 aromatic carbocycles. The number of halogens is 1. The Hall–Kier alpha value is -1.79. The van der Waals surface area contributed by atoms with E-state index in [1.807, 2.05) is 0 Å². The second-order valence-electron chi connectivity index (χ2n) is 4.71. The first-order chi connectivity index (χ1) is 10.0. The summed E-state index contributed by atoms with van der Waals surface area (Å²) in [4.78, 5) is 22.3. The van der Waals surface area contributed by atoms with Gasteiger partial charge in [-0.3, -0.25) is 4.79 Å². The summed E-state index contributed by atoms with van der Waals surface area (Å²) in [5.41, 5.74) is 0. The maximum atomic E-state index is 11.6. The Morgan fingerprint density at radius 3 is 2.67 bits per heavy atom. The van der Waals surface area contributed by atoms with Crippen molar-refractivity contribution in [1.82, 2.24) is 5.32 Å². The lowest BCUT2D eigenvalue weighted by molar-refractivity contribution is -0.149. The zero-order valence-corrected chi connectivity index (χ0v) is 12.0. The fraction of sp³-hybridized carbons (Fsp3) is 0.429. The van der Waals surface area contributed by atoms with E-state index in [1.54, 1.807) is 24.3 Å². The van der Waals surface area contributed by atoms with Crippen molar-refractivity contribution in [3.8, 4) is 5.75 Å². The minimum Gasteiger partial charge on any atom is -0.484 e. The highest BCUT2D eigenvalue weighted by Gasteiger charge is 2.30. The number of amides is 1. The van der Waals surface area contributed by atoms with Crippen LogP contribution in [0.3, 0.4) is 0 Å². The molecule has 1 saturated heterocycles. The summed E-state index contributed by atoms with van der Waals surface area (Å²) in [6.45, 7) is 0.170. The van der Waals surface area contributed by atoms with Gasteiger partial charge in [-0.25, -0.2) is 4.79 Å². The molecule has 2 unspecified atom stereocenters. The Labute approximate surface area is 127 Å². The standard InChI is InChI=1S/C14H16ClNO5/c15-9-1-3-10(4-2-9)20-8-13(17)16-7-11-5-6-12(21-11)14(18)19/h1-4,11-12H,5-8H2,(H,16,17)(H,18,19). The molecule has 2 atom stereocenters. The minimum atomic E-state index is -0.963. The predicted octanol–water partition coefficient (Wildman–Crippen LogP) is 1.47. The van der Waals surface area contributed by atoms with E-state index in [-0.39, 0.29) is 25.2 Å². The number of benzene rings is 1. The van der Waals surface area contributed by atoms with Gasteiger partial charge in [0.05, 0.1) is 6.10 Å². The molecule has 0 bridgehead atoms. The SMILES string of the molecule is O=C(COc1ccc(Cl)cc1)NCC1CCC(C(=O)O)O1. The number of hydrogen-bond acceptors (Lipinski definition) is 4. The molecule has 0 radical (unpaired) electrons. The summed E-state index contributed by atoms with van der Waals surface area (Å²) in [6, 6.07) is 6.70. The Morgan fingerprint density at radius 2 is 2.05 bits per heavy atom. The molecule has 114 valence electrons. The fourth-order valence-electron chi connectivity index (χ4n) is 2.00. The van der Waals surface area contributed by atoms with Crippen molar-refractivity contribution >= 4 is 23.5 Å². The lowest BCUT2D eigenvalue weighted by Crippen LogP contribution is -2.35. The van der Waals surface area contributed by atoms with Crippen LogP contribution in [0.2, 0.25) is 5.02 Å². The van der Waals surface area contributed by atoms with Crippen LogP contribution in [0.5, 0.6) is 5.75 Å². The highest BCUT2D eigenvalue weighted by Crippen LogP contribution is 2.19. The third-order valence-electron chi connectivity index (χ3n) is 3.09. The summed E-state index contributed by atoms with van der Waals surface area (Å²) < 4.78 is 10.6. The van der Waals surface area contributed by atoms with Crippen LogP contribution in [0.15, 0.2) is 24.3 Å². The number of nitrogens with one attached hydrogen (secondary N) is 1. The fourth-order valence-corrected chi connectivity index (χ4v) is 2.12. The van der Waals surface area contributed by atoms with Crippen LogP contribution < -0.4 is 10.1 Å². The predicted molar refractivity (Wildman–Crippen MR) is 75.5 cm³/mol. The molecule has 1 fully saturated rings. The molecule has 1 aliphatic rings. The molecule has 1 amide bonds. The first kappa shape index (κ1) is 15.6. The summed E-state index contributed by atoms with van der Waals surface area (Å²) in [6.07, 6.45) is 0.0645. The molecule has 0 saturated carbocycles. The van der Waals surface area contributed by atoms with Gasteiger partial charge >= 0.3 is 5.97 Å². The van der Waals surface area contributed by atoms with Gasteiger partial charge in [0, 0.05) is 11.6 Å². The molecule has 21 heavy (non-hydrogen) atoms. The monoisotopic (exact) mass is 313 g/mol. The molecule has 7 heteroatoms. The number of carbonyl (C=O) groups is 2. The van der Waals surface area contributed by atoms with E-state index in [4.69, 9.17) is 26.2 Å². The van der Waals surface area contributed by atoms with Crippen molar-refractivity contribution in [2.45, 2.75) is 25.0 Å². The molecule has 1 heterocycles.